The molecule has 0 aliphatic rings. The molecule has 0 aromatic carbocycles. The zero-order valence-electron chi connectivity index (χ0n) is 11.7. The summed E-state index contributed by atoms with van der Waals surface area (Å²) in [6.07, 6.45) is 1.58. The lowest BCUT2D eigenvalue weighted by atomic mass is 10.3. The molecular formula is C13H16BrN3O2S2. The summed E-state index contributed by atoms with van der Waals surface area (Å²) in [5, 5.41) is 5.00. The van der Waals surface area contributed by atoms with Gasteiger partial charge in [0.05, 0.1) is 3.79 Å². The highest BCUT2D eigenvalue weighted by atomic mass is 79.9. The summed E-state index contributed by atoms with van der Waals surface area (Å²) >= 11 is 4.91. The first-order valence-electron chi connectivity index (χ1n) is 6.22. The second-order valence-electron chi connectivity index (χ2n) is 4.56. The molecular weight excluding hydrogens is 374 g/mol. The first-order valence-corrected chi connectivity index (χ1v) is 9.33. The molecule has 2 aromatic rings. The first kappa shape index (κ1) is 16.6. The summed E-state index contributed by atoms with van der Waals surface area (Å²) < 4.78 is 27.2. The molecule has 21 heavy (non-hydrogen) atoms. The summed E-state index contributed by atoms with van der Waals surface area (Å²) in [5.41, 5.74) is 1.89. The summed E-state index contributed by atoms with van der Waals surface area (Å²) in [6.45, 7) is 0.983. The number of aromatic nitrogens is 1. The fourth-order valence-corrected chi connectivity index (χ4v) is 4.07. The van der Waals surface area contributed by atoms with Crippen molar-refractivity contribution in [2.75, 3.05) is 14.1 Å². The standard InChI is InChI=1S/C13H16BrN3O2S2/c1-15-6-10-3-4-13(16-7-10)21(18,19)17(2)8-11-5-12(14)20-9-11/h3-5,7,9,15H,6,8H2,1-2H3. The molecule has 0 bridgehead atoms. The van der Waals surface area contributed by atoms with Crippen LogP contribution in [0.4, 0.5) is 0 Å². The van der Waals surface area contributed by atoms with E-state index >= 15 is 0 Å². The lowest BCUT2D eigenvalue weighted by Gasteiger charge is -2.16. The number of hydrogen-bond donors (Lipinski definition) is 1. The van der Waals surface area contributed by atoms with Gasteiger partial charge < -0.3 is 5.32 Å². The van der Waals surface area contributed by atoms with Gasteiger partial charge >= 0.3 is 0 Å². The van der Waals surface area contributed by atoms with Gasteiger partial charge in [-0.15, -0.1) is 11.3 Å². The van der Waals surface area contributed by atoms with E-state index in [4.69, 9.17) is 0 Å². The van der Waals surface area contributed by atoms with Gasteiger partial charge in [-0.05, 0) is 51.6 Å². The van der Waals surface area contributed by atoms with E-state index in [0.717, 1.165) is 14.9 Å². The molecule has 0 saturated heterocycles. The van der Waals surface area contributed by atoms with Gasteiger partial charge in [-0.2, -0.15) is 4.31 Å². The van der Waals surface area contributed by atoms with Gasteiger partial charge in [0.15, 0.2) is 5.03 Å². The molecule has 0 radical (unpaired) electrons. The smallest absolute Gasteiger partial charge is 0.260 e. The monoisotopic (exact) mass is 389 g/mol. The molecule has 8 heteroatoms. The highest BCUT2D eigenvalue weighted by Gasteiger charge is 2.22. The molecule has 1 N–H and O–H groups in total. The maximum absolute atomic E-state index is 12.5. The lowest BCUT2D eigenvalue weighted by Crippen LogP contribution is -2.27. The van der Waals surface area contributed by atoms with E-state index in [-0.39, 0.29) is 5.03 Å². The van der Waals surface area contributed by atoms with Crippen molar-refractivity contribution in [1.29, 1.82) is 0 Å². The number of nitrogens with zero attached hydrogens (tertiary/aromatic N) is 2. The number of sulfonamides is 1. The van der Waals surface area contributed by atoms with Gasteiger partial charge in [-0.3, -0.25) is 0 Å². The highest BCUT2D eigenvalue weighted by Crippen LogP contribution is 2.23. The van der Waals surface area contributed by atoms with Crippen LogP contribution >= 0.6 is 27.3 Å². The van der Waals surface area contributed by atoms with Gasteiger partial charge in [0.2, 0.25) is 0 Å². The predicted octanol–water partition coefficient (Wildman–Crippen LogP) is 2.45. The number of pyridine rings is 1. The molecule has 2 aromatic heterocycles. The van der Waals surface area contributed by atoms with Gasteiger partial charge in [-0.25, -0.2) is 13.4 Å². The molecule has 2 rings (SSSR count). The van der Waals surface area contributed by atoms with E-state index in [2.05, 4.69) is 26.2 Å². The van der Waals surface area contributed by atoms with Crippen LogP contribution in [0.25, 0.3) is 0 Å². The zero-order valence-corrected chi connectivity index (χ0v) is 14.9. The van der Waals surface area contributed by atoms with Crippen molar-refractivity contribution in [3.63, 3.8) is 0 Å². The maximum Gasteiger partial charge on any atom is 0.260 e. The van der Waals surface area contributed by atoms with Crippen LogP contribution in [0.3, 0.4) is 0 Å². The molecule has 0 amide bonds. The second-order valence-corrected chi connectivity index (χ2v) is 8.84. The number of hydrogen-bond acceptors (Lipinski definition) is 5. The van der Waals surface area contributed by atoms with Crippen LogP contribution in [0, 0.1) is 0 Å². The Morgan fingerprint density at radius 2 is 2.14 bits per heavy atom. The van der Waals surface area contributed by atoms with E-state index in [0.29, 0.717) is 13.1 Å². The second kappa shape index (κ2) is 6.97. The molecule has 2 heterocycles. The molecule has 114 valence electrons. The number of nitrogens with one attached hydrogen (secondary N) is 1. The van der Waals surface area contributed by atoms with Crippen molar-refractivity contribution in [3.8, 4) is 0 Å². The Hall–Kier alpha value is -0.800. The van der Waals surface area contributed by atoms with Crippen molar-refractivity contribution < 1.29 is 8.42 Å². The van der Waals surface area contributed by atoms with Crippen molar-refractivity contribution in [1.82, 2.24) is 14.6 Å². The van der Waals surface area contributed by atoms with Crippen LogP contribution in [-0.4, -0.2) is 31.8 Å². The average molecular weight is 390 g/mol. The molecule has 0 unspecified atom stereocenters. The van der Waals surface area contributed by atoms with Crippen LogP contribution in [0.1, 0.15) is 11.1 Å². The lowest BCUT2D eigenvalue weighted by molar-refractivity contribution is 0.464. The fraction of sp³-hybridized carbons (Fsp3) is 0.308. The topological polar surface area (TPSA) is 62.3 Å². The largest absolute Gasteiger partial charge is 0.316 e. The SMILES string of the molecule is CNCc1ccc(S(=O)(=O)N(C)Cc2csc(Br)c2)nc1. The van der Waals surface area contributed by atoms with Gasteiger partial charge in [-0.1, -0.05) is 6.07 Å². The fourth-order valence-electron chi connectivity index (χ4n) is 1.80. The summed E-state index contributed by atoms with van der Waals surface area (Å²) in [7, 11) is -0.178. The third-order valence-corrected chi connectivity index (χ3v) is 6.15. The Labute approximate surface area is 137 Å². The molecule has 5 nitrogen and oxygen atoms in total. The van der Waals surface area contributed by atoms with Gasteiger partial charge in [0.1, 0.15) is 0 Å². The minimum absolute atomic E-state index is 0.0687. The number of rotatable bonds is 6. The molecule has 0 spiro atoms. The van der Waals surface area contributed by atoms with Gasteiger partial charge in [0, 0.05) is 26.3 Å². The minimum Gasteiger partial charge on any atom is -0.316 e. The molecule has 0 saturated carbocycles. The van der Waals surface area contributed by atoms with Crippen molar-refractivity contribution >= 4 is 37.3 Å². The van der Waals surface area contributed by atoms with Crippen LogP contribution in [0.15, 0.2) is 38.6 Å². The van der Waals surface area contributed by atoms with Crippen molar-refractivity contribution in [2.45, 2.75) is 18.1 Å². The number of thiophene rings is 1. The molecule has 0 atom stereocenters. The minimum atomic E-state index is -3.57. The van der Waals surface area contributed by atoms with E-state index in [9.17, 15) is 8.42 Å². The average Bonchev–Trinajstić information content (AvgIpc) is 2.85. The van der Waals surface area contributed by atoms with E-state index in [1.807, 2.05) is 18.5 Å². The Kier molecular flexibility index (Phi) is 5.50. The highest BCUT2D eigenvalue weighted by molar-refractivity contribution is 9.11. The summed E-state index contributed by atoms with van der Waals surface area (Å²) in [5.74, 6) is 0. The third-order valence-electron chi connectivity index (χ3n) is 2.88. The van der Waals surface area contributed by atoms with Crippen molar-refractivity contribution in [3.05, 3.63) is 44.7 Å². The van der Waals surface area contributed by atoms with E-state index in [1.54, 1.807) is 25.4 Å². The Morgan fingerprint density at radius 3 is 2.67 bits per heavy atom. The normalized spacial score (nSPS) is 12.0. The van der Waals surface area contributed by atoms with Crippen LogP contribution < -0.4 is 5.32 Å². The van der Waals surface area contributed by atoms with Crippen LogP contribution in [-0.2, 0) is 23.1 Å². The Morgan fingerprint density at radius 1 is 1.38 bits per heavy atom. The molecule has 0 aliphatic heterocycles. The van der Waals surface area contributed by atoms with E-state index < -0.39 is 10.0 Å². The summed E-state index contributed by atoms with van der Waals surface area (Å²) in [4.78, 5) is 4.06. The van der Waals surface area contributed by atoms with Crippen LogP contribution in [0.2, 0.25) is 0 Å². The predicted molar refractivity (Wildman–Crippen MR) is 87.7 cm³/mol. The Balaban J connectivity index is 2.16. The van der Waals surface area contributed by atoms with Gasteiger partial charge in [0.25, 0.3) is 10.0 Å². The summed E-state index contributed by atoms with van der Waals surface area (Å²) in [6, 6.07) is 5.23. The Bertz CT molecular complexity index is 698. The molecule has 0 aliphatic carbocycles. The zero-order chi connectivity index (χ0) is 15.5. The van der Waals surface area contributed by atoms with Crippen LogP contribution in [0.5, 0.6) is 0 Å². The molecule has 0 fully saturated rings. The number of halogens is 1. The maximum atomic E-state index is 12.5. The third kappa shape index (κ3) is 4.10. The quantitative estimate of drug-likeness (QED) is 0.823. The van der Waals surface area contributed by atoms with E-state index in [1.165, 1.54) is 15.6 Å². The van der Waals surface area contributed by atoms with Crippen molar-refractivity contribution in [2.24, 2.45) is 0 Å². The first-order chi connectivity index (χ1) is 9.93.